The Bertz CT molecular complexity index is 885. The molecule has 7 nitrogen and oxygen atoms in total. The molecule has 1 aliphatic heterocycles. The van der Waals surface area contributed by atoms with Crippen LogP contribution >= 0.6 is 11.3 Å². The lowest BCUT2D eigenvalue weighted by Gasteiger charge is -2.13. The van der Waals surface area contributed by atoms with Gasteiger partial charge in [-0.1, -0.05) is 18.6 Å². The fourth-order valence-corrected chi connectivity index (χ4v) is 4.46. The number of benzene rings is 1. The van der Waals surface area contributed by atoms with Crippen LogP contribution in [0.3, 0.4) is 0 Å². The second kappa shape index (κ2) is 7.48. The summed E-state index contributed by atoms with van der Waals surface area (Å²) >= 11 is 1.50. The van der Waals surface area contributed by atoms with Gasteiger partial charge in [0.05, 0.1) is 23.4 Å². The van der Waals surface area contributed by atoms with Crippen molar-refractivity contribution in [3.8, 4) is 0 Å². The van der Waals surface area contributed by atoms with Gasteiger partial charge in [-0.05, 0) is 37.8 Å². The van der Waals surface area contributed by atoms with Crippen molar-refractivity contribution in [2.75, 3.05) is 10.6 Å². The van der Waals surface area contributed by atoms with E-state index in [9.17, 15) is 14.4 Å². The van der Waals surface area contributed by atoms with E-state index in [4.69, 9.17) is 0 Å². The Balaban J connectivity index is 1.42. The van der Waals surface area contributed by atoms with Crippen LogP contribution in [0.2, 0.25) is 0 Å². The maximum Gasteiger partial charge on any atom is 0.254 e. The molecular formula is C19H20N4O3S. The normalized spacial score (nSPS) is 19.0. The molecular weight excluding hydrogens is 364 g/mol. The van der Waals surface area contributed by atoms with Crippen LogP contribution in [0.4, 0.5) is 10.8 Å². The molecule has 8 heteroatoms. The summed E-state index contributed by atoms with van der Waals surface area (Å²) in [5.41, 5.74) is 1.91. The zero-order chi connectivity index (χ0) is 18.8. The highest BCUT2D eigenvalue weighted by Crippen LogP contribution is 2.29. The highest BCUT2D eigenvalue weighted by Gasteiger charge is 2.29. The number of rotatable bonds is 3. The molecule has 3 amide bonds. The Morgan fingerprint density at radius 1 is 1.19 bits per heavy atom. The van der Waals surface area contributed by atoms with Crippen molar-refractivity contribution in [3.05, 3.63) is 40.4 Å². The number of carbonyl (C=O) groups excluding carboxylic acids is 3. The van der Waals surface area contributed by atoms with E-state index < -0.39 is 11.9 Å². The molecule has 0 fully saturated rings. The van der Waals surface area contributed by atoms with Gasteiger partial charge in [-0.3, -0.25) is 14.4 Å². The van der Waals surface area contributed by atoms with Gasteiger partial charge in [0.15, 0.2) is 5.13 Å². The Morgan fingerprint density at radius 2 is 2.00 bits per heavy atom. The van der Waals surface area contributed by atoms with Crippen LogP contribution in [0.5, 0.6) is 0 Å². The standard InChI is InChI=1S/C19H20N4O3S/c24-16(23-19-22-13-8-2-1-3-9-15(13)27-19)10-14-18(26)20-12-7-5-4-6-11(12)17(25)21-14/h4-7,14H,1-3,8-10H2,(H,20,26)(H,21,25)(H,22,23,24)/t14-/m0/s1. The average Bonchev–Trinajstić information content (AvgIpc) is 2.81. The van der Waals surface area contributed by atoms with E-state index in [0.717, 1.165) is 31.4 Å². The molecule has 2 aliphatic rings. The molecule has 140 valence electrons. The lowest BCUT2D eigenvalue weighted by Crippen LogP contribution is -2.43. The molecule has 1 aromatic heterocycles. The number of anilines is 2. The van der Waals surface area contributed by atoms with Gasteiger partial charge in [0.25, 0.3) is 5.91 Å². The molecule has 4 rings (SSSR count). The first-order chi connectivity index (χ1) is 13.1. The summed E-state index contributed by atoms with van der Waals surface area (Å²) in [5, 5.41) is 8.68. The number of hydrogen-bond donors (Lipinski definition) is 3. The van der Waals surface area contributed by atoms with Gasteiger partial charge in [0.2, 0.25) is 11.8 Å². The number of amides is 3. The molecule has 0 saturated carbocycles. The van der Waals surface area contributed by atoms with Crippen molar-refractivity contribution in [2.45, 2.75) is 44.6 Å². The minimum absolute atomic E-state index is 0.143. The molecule has 2 aromatic rings. The molecule has 0 saturated heterocycles. The minimum Gasteiger partial charge on any atom is -0.340 e. The summed E-state index contributed by atoms with van der Waals surface area (Å²) < 4.78 is 0. The molecule has 1 aromatic carbocycles. The molecule has 0 spiro atoms. The SMILES string of the molecule is O=C(C[C@@H]1NC(=O)c2ccccc2NC1=O)Nc1nc2c(s1)CCCCC2. The highest BCUT2D eigenvalue weighted by molar-refractivity contribution is 7.15. The second-order valence-electron chi connectivity index (χ2n) is 6.76. The van der Waals surface area contributed by atoms with Gasteiger partial charge < -0.3 is 16.0 Å². The molecule has 0 bridgehead atoms. The highest BCUT2D eigenvalue weighted by atomic mass is 32.1. The number of hydrogen-bond acceptors (Lipinski definition) is 5. The maximum absolute atomic E-state index is 12.4. The van der Waals surface area contributed by atoms with Crippen molar-refractivity contribution in [3.63, 3.8) is 0 Å². The number of nitrogens with one attached hydrogen (secondary N) is 3. The van der Waals surface area contributed by atoms with E-state index in [-0.39, 0.29) is 18.2 Å². The van der Waals surface area contributed by atoms with Crippen LogP contribution < -0.4 is 16.0 Å². The fraction of sp³-hybridized carbons (Fsp3) is 0.368. The number of aromatic nitrogens is 1. The Hall–Kier alpha value is -2.74. The summed E-state index contributed by atoms with van der Waals surface area (Å²) in [6, 6.07) is 5.84. The van der Waals surface area contributed by atoms with Crippen LogP contribution in [0, 0.1) is 0 Å². The maximum atomic E-state index is 12.4. The van der Waals surface area contributed by atoms with E-state index in [2.05, 4.69) is 20.9 Å². The van der Waals surface area contributed by atoms with E-state index in [1.807, 2.05) is 0 Å². The first-order valence-electron chi connectivity index (χ1n) is 9.09. The van der Waals surface area contributed by atoms with Crippen molar-refractivity contribution in [1.82, 2.24) is 10.3 Å². The van der Waals surface area contributed by atoms with Gasteiger partial charge >= 0.3 is 0 Å². The lowest BCUT2D eigenvalue weighted by atomic mass is 10.1. The van der Waals surface area contributed by atoms with Crippen molar-refractivity contribution in [1.29, 1.82) is 0 Å². The minimum atomic E-state index is -0.928. The predicted octanol–water partition coefficient (Wildman–Crippen LogP) is 2.49. The smallest absolute Gasteiger partial charge is 0.254 e. The molecule has 2 heterocycles. The van der Waals surface area contributed by atoms with Gasteiger partial charge in [-0.15, -0.1) is 11.3 Å². The first kappa shape index (κ1) is 17.7. The van der Waals surface area contributed by atoms with Crippen LogP contribution in [0.25, 0.3) is 0 Å². The fourth-order valence-electron chi connectivity index (χ4n) is 3.39. The second-order valence-corrected chi connectivity index (χ2v) is 7.85. The monoisotopic (exact) mass is 384 g/mol. The lowest BCUT2D eigenvalue weighted by molar-refractivity contribution is -0.122. The van der Waals surface area contributed by atoms with E-state index in [0.29, 0.717) is 16.4 Å². The Morgan fingerprint density at radius 3 is 2.89 bits per heavy atom. The number of thiazole rings is 1. The molecule has 27 heavy (non-hydrogen) atoms. The summed E-state index contributed by atoms with van der Waals surface area (Å²) in [7, 11) is 0. The van der Waals surface area contributed by atoms with Crippen LogP contribution in [-0.2, 0) is 22.4 Å². The third-order valence-corrected chi connectivity index (χ3v) is 5.86. The van der Waals surface area contributed by atoms with Crippen molar-refractivity contribution in [2.24, 2.45) is 0 Å². The van der Waals surface area contributed by atoms with E-state index >= 15 is 0 Å². The number of para-hydroxylation sites is 1. The van der Waals surface area contributed by atoms with Crippen molar-refractivity contribution >= 4 is 39.9 Å². The van der Waals surface area contributed by atoms with Gasteiger partial charge in [0, 0.05) is 4.88 Å². The molecule has 3 N–H and O–H groups in total. The van der Waals surface area contributed by atoms with Crippen LogP contribution in [0.15, 0.2) is 24.3 Å². The zero-order valence-electron chi connectivity index (χ0n) is 14.7. The number of nitrogens with zero attached hydrogens (tertiary/aromatic N) is 1. The number of aryl methyl sites for hydroxylation is 2. The predicted molar refractivity (Wildman–Crippen MR) is 103 cm³/mol. The third kappa shape index (κ3) is 3.85. The summed E-state index contributed by atoms with van der Waals surface area (Å²) in [4.78, 5) is 42.9. The largest absolute Gasteiger partial charge is 0.340 e. The average molecular weight is 384 g/mol. The zero-order valence-corrected chi connectivity index (χ0v) is 15.5. The summed E-state index contributed by atoms with van der Waals surface area (Å²) in [6.07, 6.45) is 5.29. The third-order valence-electron chi connectivity index (χ3n) is 4.78. The van der Waals surface area contributed by atoms with E-state index in [1.165, 1.54) is 22.6 Å². The molecule has 0 radical (unpaired) electrons. The van der Waals surface area contributed by atoms with Gasteiger partial charge in [-0.2, -0.15) is 0 Å². The quantitative estimate of drug-likeness (QED) is 0.708. The van der Waals surface area contributed by atoms with Crippen molar-refractivity contribution < 1.29 is 14.4 Å². The van der Waals surface area contributed by atoms with Gasteiger partial charge in [0.1, 0.15) is 6.04 Å². The number of carbonyl (C=O) groups is 3. The molecule has 0 unspecified atom stereocenters. The summed E-state index contributed by atoms with van der Waals surface area (Å²) in [6.45, 7) is 0. The van der Waals surface area contributed by atoms with Crippen LogP contribution in [-0.4, -0.2) is 28.7 Å². The molecule has 1 aliphatic carbocycles. The Kier molecular flexibility index (Phi) is 4.89. The van der Waals surface area contributed by atoms with Crippen LogP contribution in [0.1, 0.15) is 46.6 Å². The topological polar surface area (TPSA) is 100 Å². The van der Waals surface area contributed by atoms with E-state index in [1.54, 1.807) is 24.3 Å². The van der Waals surface area contributed by atoms with Gasteiger partial charge in [-0.25, -0.2) is 4.98 Å². The Labute approximate surface area is 160 Å². The molecule has 1 atom stereocenters. The summed E-state index contributed by atoms with van der Waals surface area (Å²) in [5.74, 6) is -1.12. The first-order valence-corrected chi connectivity index (χ1v) is 9.91. The number of fused-ring (bicyclic) bond motifs is 2.